The van der Waals surface area contributed by atoms with E-state index in [1.165, 1.54) is 0 Å². The summed E-state index contributed by atoms with van der Waals surface area (Å²) in [6.45, 7) is 0.226. The van der Waals surface area contributed by atoms with E-state index >= 15 is 0 Å². The molecule has 1 amide bonds. The topological polar surface area (TPSA) is 54.9 Å². The Bertz CT molecular complexity index is 610. The fraction of sp³-hybridized carbons (Fsp3) is 0.250. The van der Waals surface area contributed by atoms with Gasteiger partial charge in [0.2, 0.25) is 0 Å². The summed E-state index contributed by atoms with van der Waals surface area (Å²) in [7, 11) is 0. The van der Waals surface area contributed by atoms with Gasteiger partial charge in [0.1, 0.15) is 16.4 Å². The lowest BCUT2D eigenvalue weighted by atomic mass is 10.3. The van der Waals surface area contributed by atoms with Crippen LogP contribution in [0.15, 0.2) is 24.5 Å². The summed E-state index contributed by atoms with van der Waals surface area (Å²) in [6.07, 6.45) is -1.25. The molecule has 0 radical (unpaired) electrons. The summed E-state index contributed by atoms with van der Waals surface area (Å²) in [5.41, 5.74) is 1.11. The maximum atomic E-state index is 12.1. The minimum Gasteiger partial charge on any atom is -0.342 e. The molecule has 0 spiro atoms. The third kappa shape index (κ3) is 3.53. The van der Waals surface area contributed by atoms with Crippen LogP contribution in [0, 0.1) is 6.92 Å². The van der Waals surface area contributed by atoms with Crippen molar-refractivity contribution in [3.63, 3.8) is 0 Å². The summed E-state index contributed by atoms with van der Waals surface area (Å²) in [5.74, 6) is -0.771. The van der Waals surface area contributed by atoms with Gasteiger partial charge in [-0.25, -0.2) is 4.98 Å². The van der Waals surface area contributed by atoms with Gasteiger partial charge >= 0.3 is 6.18 Å². The number of aromatic nitrogens is 2. The zero-order valence-corrected chi connectivity index (χ0v) is 11.2. The van der Waals surface area contributed by atoms with E-state index in [4.69, 9.17) is 0 Å². The third-order valence-corrected chi connectivity index (χ3v) is 3.57. The Hall–Kier alpha value is -1.96. The average molecular weight is 301 g/mol. The van der Waals surface area contributed by atoms with E-state index in [2.05, 4.69) is 9.97 Å². The standard InChI is InChI=1S/C12H10F3N3OS/c1-7-9(10(19)17-6-12(13,14)15)20-11(18-7)8-3-2-4-16-5-8/h2-5H,6H2,1H3,(H,17,19). The van der Waals surface area contributed by atoms with E-state index in [1.54, 1.807) is 31.5 Å². The largest absolute Gasteiger partial charge is 0.405 e. The maximum Gasteiger partial charge on any atom is 0.405 e. The van der Waals surface area contributed by atoms with E-state index < -0.39 is 18.6 Å². The lowest BCUT2D eigenvalue weighted by molar-refractivity contribution is -0.123. The molecule has 4 nitrogen and oxygen atoms in total. The maximum absolute atomic E-state index is 12.1. The second-order valence-electron chi connectivity index (χ2n) is 3.97. The molecule has 2 aromatic heterocycles. The second kappa shape index (κ2) is 5.58. The molecular weight excluding hydrogens is 291 g/mol. The number of alkyl halides is 3. The second-order valence-corrected chi connectivity index (χ2v) is 4.97. The van der Waals surface area contributed by atoms with Crippen LogP contribution in [0.2, 0.25) is 0 Å². The molecule has 2 rings (SSSR count). The molecular formula is C12H10F3N3OS. The first-order valence-corrected chi connectivity index (χ1v) is 6.41. The van der Waals surface area contributed by atoms with Crippen LogP contribution in [0.3, 0.4) is 0 Å². The van der Waals surface area contributed by atoms with Gasteiger partial charge < -0.3 is 5.32 Å². The summed E-state index contributed by atoms with van der Waals surface area (Å²) in [6, 6.07) is 3.48. The van der Waals surface area contributed by atoms with Gasteiger partial charge in [0.25, 0.3) is 5.91 Å². The first-order chi connectivity index (χ1) is 9.37. The number of amides is 1. The van der Waals surface area contributed by atoms with Gasteiger partial charge in [-0.3, -0.25) is 9.78 Å². The van der Waals surface area contributed by atoms with Crippen molar-refractivity contribution in [2.24, 2.45) is 0 Å². The van der Waals surface area contributed by atoms with Crippen molar-refractivity contribution in [2.45, 2.75) is 13.1 Å². The molecule has 8 heteroatoms. The number of halogens is 3. The molecule has 0 aliphatic heterocycles. The Morgan fingerprint density at radius 3 is 2.80 bits per heavy atom. The van der Waals surface area contributed by atoms with Crippen molar-refractivity contribution in [2.75, 3.05) is 6.54 Å². The number of thiazole rings is 1. The fourth-order valence-electron chi connectivity index (χ4n) is 1.48. The van der Waals surface area contributed by atoms with Crippen LogP contribution in [-0.4, -0.2) is 28.6 Å². The summed E-state index contributed by atoms with van der Waals surface area (Å²) in [5, 5.41) is 2.38. The summed E-state index contributed by atoms with van der Waals surface area (Å²) in [4.78, 5) is 20.0. The molecule has 2 heterocycles. The lowest BCUT2D eigenvalue weighted by Crippen LogP contribution is -2.33. The van der Waals surface area contributed by atoms with Gasteiger partial charge in [-0.05, 0) is 19.1 Å². The zero-order chi connectivity index (χ0) is 14.8. The number of aryl methyl sites for hydroxylation is 1. The molecule has 0 fully saturated rings. The molecule has 106 valence electrons. The van der Waals surface area contributed by atoms with Crippen LogP contribution in [-0.2, 0) is 0 Å². The van der Waals surface area contributed by atoms with E-state index in [1.807, 2.05) is 5.32 Å². The van der Waals surface area contributed by atoms with Crippen LogP contribution in [0.1, 0.15) is 15.4 Å². The van der Waals surface area contributed by atoms with E-state index in [0.717, 1.165) is 16.9 Å². The van der Waals surface area contributed by atoms with Gasteiger partial charge in [-0.1, -0.05) is 0 Å². The third-order valence-electron chi connectivity index (χ3n) is 2.36. The van der Waals surface area contributed by atoms with Crippen LogP contribution in [0.5, 0.6) is 0 Å². The molecule has 0 unspecified atom stereocenters. The van der Waals surface area contributed by atoms with Crippen LogP contribution < -0.4 is 5.32 Å². The SMILES string of the molecule is Cc1nc(-c2cccnc2)sc1C(=O)NCC(F)(F)F. The van der Waals surface area contributed by atoms with Crippen molar-refractivity contribution in [3.8, 4) is 10.6 Å². The van der Waals surface area contributed by atoms with Crippen LogP contribution in [0.4, 0.5) is 13.2 Å². The number of carbonyl (C=O) groups is 1. The van der Waals surface area contributed by atoms with Crippen molar-refractivity contribution in [1.82, 2.24) is 15.3 Å². The lowest BCUT2D eigenvalue weighted by Gasteiger charge is -2.07. The molecule has 0 atom stereocenters. The zero-order valence-electron chi connectivity index (χ0n) is 10.4. The van der Waals surface area contributed by atoms with Crippen molar-refractivity contribution >= 4 is 17.2 Å². The van der Waals surface area contributed by atoms with E-state index in [0.29, 0.717) is 10.7 Å². The number of nitrogens with one attached hydrogen (secondary N) is 1. The van der Waals surface area contributed by atoms with Crippen molar-refractivity contribution in [3.05, 3.63) is 35.1 Å². The minimum atomic E-state index is -4.43. The van der Waals surface area contributed by atoms with Crippen molar-refractivity contribution < 1.29 is 18.0 Å². The molecule has 2 aromatic rings. The molecule has 0 bridgehead atoms. The summed E-state index contributed by atoms with van der Waals surface area (Å²) >= 11 is 1.04. The van der Waals surface area contributed by atoms with Gasteiger partial charge in [0, 0.05) is 18.0 Å². The number of nitrogens with zero attached hydrogens (tertiary/aromatic N) is 2. The number of pyridine rings is 1. The van der Waals surface area contributed by atoms with Crippen molar-refractivity contribution in [1.29, 1.82) is 0 Å². The molecule has 20 heavy (non-hydrogen) atoms. The predicted octanol–water partition coefficient (Wildman–Crippen LogP) is 2.81. The Morgan fingerprint density at radius 1 is 1.45 bits per heavy atom. The first kappa shape index (κ1) is 14.4. The molecule has 0 aromatic carbocycles. The van der Waals surface area contributed by atoms with Gasteiger partial charge in [0.05, 0.1) is 5.69 Å². The number of hydrogen-bond donors (Lipinski definition) is 1. The Morgan fingerprint density at radius 2 is 2.20 bits per heavy atom. The number of carbonyl (C=O) groups excluding carboxylic acids is 1. The predicted molar refractivity (Wildman–Crippen MR) is 68.5 cm³/mol. The normalized spacial score (nSPS) is 11.4. The van der Waals surface area contributed by atoms with E-state index in [9.17, 15) is 18.0 Å². The molecule has 0 saturated heterocycles. The number of rotatable bonds is 3. The molecule has 0 saturated carbocycles. The van der Waals surface area contributed by atoms with Gasteiger partial charge in [-0.2, -0.15) is 13.2 Å². The average Bonchev–Trinajstić information content (AvgIpc) is 2.78. The van der Waals surface area contributed by atoms with Crippen LogP contribution in [0.25, 0.3) is 10.6 Å². The Balaban J connectivity index is 2.18. The molecule has 0 aliphatic rings. The van der Waals surface area contributed by atoms with Gasteiger partial charge in [0.15, 0.2) is 0 Å². The summed E-state index contributed by atoms with van der Waals surface area (Å²) < 4.78 is 36.2. The Labute approximate surface area is 116 Å². The first-order valence-electron chi connectivity index (χ1n) is 5.59. The van der Waals surface area contributed by atoms with E-state index in [-0.39, 0.29) is 4.88 Å². The van der Waals surface area contributed by atoms with Crippen LogP contribution >= 0.6 is 11.3 Å². The minimum absolute atomic E-state index is 0.174. The highest BCUT2D eigenvalue weighted by molar-refractivity contribution is 7.17. The highest BCUT2D eigenvalue weighted by atomic mass is 32.1. The van der Waals surface area contributed by atoms with Gasteiger partial charge in [-0.15, -0.1) is 11.3 Å². The fourth-order valence-corrected chi connectivity index (χ4v) is 2.45. The Kier molecular flexibility index (Phi) is 4.03. The molecule has 0 aliphatic carbocycles. The number of hydrogen-bond acceptors (Lipinski definition) is 4. The smallest absolute Gasteiger partial charge is 0.342 e. The quantitative estimate of drug-likeness (QED) is 0.948. The molecule has 1 N–H and O–H groups in total. The monoisotopic (exact) mass is 301 g/mol. The highest BCUT2D eigenvalue weighted by Gasteiger charge is 2.28. The highest BCUT2D eigenvalue weighted by Crippen LogP contribution is 2.27.